The van der Waals surface area contributed by atoms with Crippen molar-refractivity contribution in [1.29, 1.82) is 0 Å². The Bertz CT molecular complexity index is 660. The number of aryl methyl sites for hydroxylation is 2. The average molecular weight is 351 g/mol. The van der Waals surface area contributed by atoms with Crippen LogP contribution >= 0.6 is 11.3 Å². The molecule has 2 aliphatic heterocycles. The fourth-order valence-electron chi connectivity index (χ4n) is 3.46. The highest BCUT2D eigenvalue weighted by molar-refractivity contribution is 7.22. The monoisotopic (exact) mass is 351 g/mol. The zero-order valence-electron chi connectivity index (χ0n) is 14.4. The summed E-state index contributed by atoms with van der Waals surface area (Å²) in [5, 5.41) is 5.55. The molecule has 132 valence electrons. The number of hydrogen-bond donors (Lipinski definition) is 0. The fraction of sp³-hybridized carbons (Fsp3) is 0.750. The summed E-state index contributed by atoms with van der Waals surface area (Å²) in [4.78, 5) is 9.68. The summed E-state index contributed by atoms with van der Waals surface area (Å²) in [5.74, 6) is 0. The molecule has 0 spiro atoms. The van der Waals surface area contributed by atoms with Crippen molar-refractivity contribution in [2.24, 2.45) is 7.05 Å². The third-order valence-corrected chi connectivity index (χ3v) is 5.93. The van der Waals surface area contributed by atoms with Crippen LogP contribution in [0.1, 0.15) is 12.1 Å². The first kappa shape index (κ1) is 16.3. The van der Waals surface area contributed by atoms with Crippen molar-refractivity contribution >= 4 is 26.8 Å². The summed E-state index contributed by atoms with van der Waals surface area (Å²) < 4.78 is 14.6. The van der Waals surface area contributed by atoms with Gasteiger partial charge in [-0.2, -0.15) is 5.10 Å². The predicted molar refractivity (Wildman–Crippen MR) is 95.0 cm³/mol. The fourth-order valence-corrected chi connectivity index (χ4v) is 4.53. The number of ether oxygens (including phenoxy) is 2. The van der Waals surface area contributed by atoms with Gasteiger partial charge in [-0.15, -0.1) is 0 Å². The van der Waals surface area contributed by atoms with Crippen molar-refractivity contribution in [1.82, 2.24) is 19.7 Å². The molecule has 0 unspecified atom stereocenters. The van der Waals surface area contributed by atoms with E-state index in [1.54, 1.807) is 11.3 Å². The molecule has 8 heteroatoms. The molecule has 0 aliphatic carbocycles. The van der Waals surface area contributed by atoms with Crippen LogP contribution in [0.15, 0.2) is 0 Å². The van der Waals surface area contributed by atoms with Gasteiger partial charge in [0, 0.05) is 46.4 Å². The molecule has 0 bridgehead atoms. The molecule has 24 heavy (non-hydrogen) atoms. The van der Waals surface area contributed by atoms with Crippen LogP contribution in [0.3, 0.4) is 0 Å². The van der Waals surface area contributed by atoms with Gasteiger partial charge in [0.15, 0.2) is 10.8 Å². The summed E-state index contributed by atoms with van der Waals surface area (Å²) >= 11 is 1.75. The summed E-state index contributed by atoms with van der Waals surface area (Å²) in [6.45, 7) is 9.45. The van der Waals surface area contributed by atoms with Gasteiger partial charge in [0.25, 0.3) is 0 Å². The maximum Gasteiger partial charge on any atom is 0.188 e. The lowest BCUT2D eigenvalue weighted by Crippen LogP contribution is -2.44. The van der Waals surface area contributed by atoms with Crippen molar-refractivity contribution in [3.05, 3.63) is 5.69 Å². The molecular weight excluding hydrogens is 326 g/mol. The van der Waals surface area contributed by atoms with Crippen molar-refractivity contribution in [2.75, 3.05) is 57.4 Å². The van der Waals surface area contributed by atoms with Gasteiger partial charge >= 0.3 is 0 Å². The minimum absolute atomic E-state index is 0.233. The highest BCUT2D eigenvalue weighted by Crippen LogP contribution is 2.31. The summed E-state index contributed by atoms with van der Waals surface area (Å²) in [5.41, 5.74) is 2.05. The Kier molecular flexibility index (Phi) is 4.71. The zero-order chi connectivity index (χ0) is 16.5. The van der Waals surface area contributed by atoms with Gasteiger partial charge in [-0.25, -0.2) is 9.67 Å². The normalized spacial score (nSPS) is 23.8. The van der Waals surface area contributed by atoms with E-state index in [0.29, 0.717) is 0 Å². The molecule has 4 rings (SSSR count). The van der Waals surface area contributed by atoms with E-state index in [2.05, 4.69) is 21.8 Å². The van der Waals surface area contributed by atoms with Gasteiger partial charge < -0.3 is 14.4 Å². The number of fused-ring (bicyclic) bond motifs is 1. The van der Waals surface area contributed by atoms with Gasteiger partial charge in [0.2, 0.25) is 0 Å². The molecule has 2 saturated heterocycles. The SMILES string of the molecule is Cc1nn(C)c2nc(N3CCCO[C@H](CN4CCOCC4)C3)sc12. The van der Waals surface area contributed by atoms with E-state index in [-0.39, 0.29) is 6.10 Å². The Morgan fingerprint density at radius 2 is 2.04 bits per heavy atom. The summed E-state index contributed by atoms with van der Waals surface area (Å²) in [6, 6.07) is 0. The Hall–Kier alpha value is -1.22. The summed E-state index contributed by atoms with van der Waals surface area (Å²) in [7, 11) is 1.96. The first-order valence-corrected chi connectivity index (χ1v) is 9.49. The standard InChI is InChI=1S/C16H25N5O2S/c1-12-14-15(19(2)18-12)17-16(24-14)21-4-3-7-23-13(11-21)10-20-5-8-22-9-6-20/h13H,3-11H2,1-2H3/t13-/m1/s1. The second-order valence-corrected chi connectivity index (χ2v) is 7.54. The van der Waals surface area contributed by atoms with E-state index in [1.807, 2.05) is 11.7 Å². The van der Waals surface area contributed by atoms with Crippen molar-refractivity contribution < 1.29 is 9.47 Å². The molecule has 4 heterocycles. The third-order valence-electron chi connectivity index (χ3n) is 4.72. The molecule has 0 aromatic carbocycles. The predicted octanol–water partition coefficient (Wildman–Crippen LogP) is 1.27. The molecular formula is C16H25N5O2S. The van der Waals surface area contributed by atoms with E-state index in [9.17, 15) is 0 Å². The van der Waals surface area contributed by atoms with E-state index >= 15 is 0 Å². The molecule has 7 nitrogen and oxygen atoms in total. The van der Waals surface area contributed by atoms with Gasteiger partial charge in [-0.1, -0.05) is 11.3 Å². The third kappa shape index (κ3) is 3.28. The van der Waals surface area contributed by atoms with Gasteiger partial charge in [0.05, 0.1) is 29.7 Å². The Labute approximate surface area is 146 Å². The van der Waals surface area contributed by atoms with E-state index in [1.165, 1.54) is 4.70 Å². The molecule has 0 N–H and O–H groups in total. The number of anilines is 1. The van der Waals surface area contributed by atoms with Gasteiger partial charge in [0.1, 0.15) is 0 Å². The van der Waals surface area contributed by atoms with Crippen LogP contribution in [0.2, 0.25) is 0 Å². The Morgan fingerprint density at radius 1 is 1.21 bits per heavy atom. The molecule has 0 amide bonds. The first-order chi connectivity index (χ1) is 11.7. The van der Waals surface area contributed by atoms with E-state index < -0.39 is 0 Å². The second-order valence-electron chi connectivity index (χ2n) is 6.56. The number of rotatable bonds is 3. The van der Waals surface area contributed by atoms with Gasteiger partial charge in [-0.05, 0) is 13.3 Å². The van der Waals surface area contributed by atoms with Crippen LogP contribution in [-0.2, 0) is 16.5 Å². The zero-order valence-corrected chi connectivity index (χ0v) is 15.2. The summed E-state index contributed by atoms with van der Waals surface area (Å²) in [6.07, 6.45) is 1.28. The number of aromatic nitrogens is 3. The lowest BCUT2D eigenvalue weighted by atomic mass is 10.3. The van der Waals surface area contributed by atoms with Crippen molar-refractivity contribution in [2.45, 2.75) is 19.4 Å². The van der Waals surface area contributed by atoms with Crippen molar-refractivity contribution in [3.8, 4) is 0 Å². The topological polar surface area (TPSA) is 55.7 Å². The molecule has 2 fully saturated rings. The smallest absolute Gasteiger partial charge is 0.188 e. The lowest BCUT2D eigenvalue weighted by Gasteiger charge is -2.31. The van der Waals surface area contributed by atoms with Crippen LogP contribution < -0.4 is 4.90 Å². The molecule has 0 saturated carbocycles. The number of hydrogen-bond acceptors (Lipinski definition) is 7. The number of morpholine rings is 1. The molecule has 0 radical (unpaired) electrons. The van der Waals surface area contributed by atoms with Crippen LogP contribution in [0.5, 0.6) is 0 Å². The van der Waals surface area contributed by atoms with Gasteiger partial charge in [-0.3, -0.25) is 4.90 Å². The number of nitrogens with zero attached hydrogens (tertiary/aromatic N) is 5. The average Bonchev–Trinajstić information content (AvgIpc) is 3.04. The maximum atomic E-state index is 6.10. The minimum atomic E-state index is 0.233. The van der Waals surface area contributed by atoms with Crippen LogP contribution in [0.25, 0.3) is 10.3 Å². The van der Waals surface area contributed by atoms with Crippen LogP contribution in [-0.4, -0.2) is 78.3 Å². The van der Waals surface area contributed by atoms with Crippen LogP contribution in [0.4, 0.5) is 5.13 Å². The van der Waals surface area contributed by atoms with Crippen molar-refractivity contribution in [3.63, 3.8) is 0 Å². The quantitative estimate of drug-likeness (QED) is 0.830. The molecule has 2 aromatic rings. The molecule has 1 atom stereocenters. The maximum absolute atomic E-state index is 6.10. The lowest BCUT2D eigenvalue weighted by molar-refractivity contribution is -0.00507. The Balaban J connectivity index is 1.49. The molecule has 2 aliphatic rings. The second kappa shape index (κ2) is 6.95. The largest absolute Gasteiger partial charge is 0.379 e. The highest BCUT2D eigenvalue weighted by Gasteiger charge is 2.25. The van der Waals surface area contributed by atoms with E-state index in [4.69, 9.17) is 14.5 Å². The number of thiazole rings is 1. The van der Waals surface area contributed by atoms with E-state index in [0.717, 1.165) is 75.4 Å². The first-order valence-electron chi connectivity index (χ1n) is 8.67. The highest BCUT2D eigenvalue weighted by atomic mass is 32.1. The molecule has 2 aromatic heterocycles. The van der Waals surface area contributed by atoms with Crippen LogP contribution in [0, 0.1) is 6.92 Å². The Morgan fingerprint density at radius 3 is 2.83 bits per heavy atom. The minimum Gasteiger partial charge on any atom is -0.379 e.